The van der Waals surface area contributed by atoms with Gasteiger partial charge in [-0.25, -0.2) is 0 Å². The van der Waals surface area contributed by atoms with Gasteiger partial charge in [0.15, 0.2) is 5.96 Å². The van der Waals surface area contributed by atoms with Crippen LogP contribution in [0.4, 0.5) is 0 Å². The minimum absolute atomic E-state index is 0. The van der Waals surface area contributed by atoms with Gasteiger partial charge in [0.1, 0.15) is 0 Å². The van der Waals surface area contributed by atoms with E-state index < -0.39 is 0 Å². The van der Waals surface area contributed by atoms with Crippen molar-refractivity contribution in [2.75, 3.05) is 32.7 Å². The van der Waals surface area contributed by atoms with E-state index in [1.165, 1.54) is 4.88 Å². The molecule has 1 unspecified atom stereocenters. The third kappa shape index (κ3) is 4.84. The first kappa shape index (κ1) is 19.5. The number of aliphatic imine (C=N–C) groups is 1. The number of hydrogen-bond acceptors (Lipinski definition) is 3. The van der Waals surface area contributed by atoms with E-state index in [4.69, 9.17) is 4.99 Å². The lowest BCUT2D eigenvalue weighted by Crippen LogP contribution is -2.51. The van der Waals surface area contributed by atoms with Gasteiger partial charge < -0.3 is 15.5 Å². The number of piperidine rings is 1. The number of amides is 1. The second kappa shape index (κ2) is 9.03. The number of rotatable bonds is 4. The zero-order chi connectivity index (χ0) is 16.1. The molecule has 3 rings (SSSR count). The minimum Gasteiger partial charge on any atom is -0.357 e. The van der Waals surface area contributed by atoms with E-state index in [0.717, 1.165) is 57.9 Å². The Kier molecular flexibility index (Phi) is 7.34. The van der Waals surface area contributed by atoms with Crippen molar-refractivity contribution in [1.82, 2.24) is 15.5 Å². The van der Waals surface area contributed by atoms with E-state index in [1.807, 2.05) is 0 Å². The highest BCUT2D eigenvalue weighted by Crippen LogP contribution is 2.35. The number of carbonyl (C=O) groups is 1. The second-order valence-corrected chi connectivity index (χ2v) is 7.58. The van der Waals surface area contributed by atoms with Crippen molar-refractivity contribution >= 4 is 47.2 Å². The number of nitrogens with one attached hydrogen (secondary N) is 2. The lowest BCUT2D eigenvalue weighted by atomic mass is 9.79. The molecule has 2 fully saturated rings. The van der Waals surface area contributed by atoms with Gasteiger partial charge in [0.25, 0.3) is 0 Å². The van der Waals surface area contributed by atoms with Crippen LogP contribution in [0.1, 0.15) is 31.1 Å². The second-order valence-electron chi connectivity index (χ2n) is 6.54. The van der Waals surface area contributed by atoms with Gasteiger partial charge in [0.2, 0.25) is 5.91 Å². The summed E-state index contributed by atoms with van der Waals surface area (Å²) in [6.45, 7) is 6.56. The third-order valence-corrected chi connectivity index (χ3v) is 5.63. The van der Waals surface area contributed by atoms with Gasteiger partial charge in [-0.15, -0.1) is 35.3 Å². The zero-order valence-electron chi connectivity index (χ0n) is 14.2. The molecular formula is C17H27IN4OS. The molecule has 134 valence electrons. The number of hydrogen-bond donors (Lipinski definition) is 2. The van der Waals surface area contributed by atoms with E-state index in [2.05, 4.69) is 40.0 Å². The maximum atomic E-state index is 11.6. The van der Waals surface area contributed by atoms with Crippen molar-refractivity contribution in [2.24, 2.45) is 10.4 Å². The highest BCUT2D eigenvalue weighted by Gasteiger charge is 2.42. The quantitative estimate of drug-likeness (QED) is 0.411. The molecule has 0 radical (unpaired) electrons. The van der Waals surface area contributed by atoms with E-state index in [0.29, 0.717) is 6.42 Å². The number of nitrogens with zero attached hydrogens (tertiary/aromatic N) is 2. The molecule has 1 aromatic rings. The Morgan fingerprint density at radius 1 is 1.54 bits per heavy atom. The summed E-state index contributed by atoms with van der Waals surface area (Å²) >= 11 is 1.79. The first-order chi connectivity index (χ1) is 11.2. The topological polar surface area (TPSA) is 56.7 Å². The van der Waals surface area contributed by atoms with Crippen LogP contribution >= 0.6 is 35.3 Å². The third-order valence-electron chi connectivity index (χ3n) is 4.69. The molecule has 5 nitrogen and oxygen atoms in total. The molecule has 0 aromatic carbocycles. The highest BCUT2D eigenvalue weighted by atomic mass is 127. The molecule has 0 aliphatic carbocycles. The molecule has 7 heteroatoms. The number of carbonyl (C=O) groups excluding carboxylic acids is 1. The summed E-state index contributed by atoms with van der Waals surface area (Å²) in [4.78, 5) is 20.2. The number of halogens is 1. The van der Waals surface area contributed by atoms with E-state index in [9.17, 15) is 4.79 Å². The van der Waals surface area contributed by atoms with Gasteiger partial charge in [-0.2, -0.15) is 0 Å². The van der Waals surface area contributed by atoms with Crippen LogP contribution in [0.3, 0.4) is 0 Å². The molecule has 3 heterocycles. The first-order valence-corrected chi connectivity index (χ1v) is 9.41. The monoisotopic (exact) mass is 462 g/mol. The smallest absolute Gasteiger partial charge is 0.220 e. The van der Waals surface area contributed by atoms with Crippen molar-refractivity contribution < 1.29 is 4.79 Å². The Morgan fingerprint density at radius 2 is 2.42 bits per heavy atom. The molecule has 1 amide bonds. The lowest BCUT2D eigenvalue weighted by molar-refractivity contribution is -0.119. The molecule has 24 heavy (non-hydrogen) atoms. The molecule has 0 saturated carbocycles. The first-order valence-electron chi connectivity index (χ1n) is 8.53. The zero-order valence-corrected chi connectivity index (χ0v) is 17.4. The normalized spacial score (nSPS) is 24.0. The van der Waals surface area contributed by atoms with Crippen LogP contribution < -0.4 is 10.6 Å². The van der Waals surface area contributed by atoms with Gasteiger partial charge in [-0.1, -0.05) is 6.07 Å². The van der Waals surface area contributed by atoms with Crippen LogP contribution in [0.25, 0.3) is 0 Å². The van der Waals surface area contributed by atoms with Crippen LogP contribution in [-0.2, 0) is 11.2 Å². The predicted molar refractivity (Wildman–Crippen MR) is 110 cm³/mol. The molecule has 2 saturated heterocycles. The average molecular weight is 462 g/mol. The highest BCUT2D eigenvalue weighted by molar-refractivity contribution is 14.0. The van der Waals surface area contributed by atoms with Gasteiger partial charge in [-0.05, 0) is 31.2 Å². The standard InChI is InChI=1S/C17H26N4OS.HI/c1-2-18-16(19-8-6-14-5-3-10-23-14)21-9-4-7-17(13-21)11-15(22)20-12-17;/h3,5,10H,2,4,6-9,11-13H2,1H3,(H,18,19)(H,20,22);1H. The fraction of sp³-hybridized carbons (Fsp3) is 0.647. The molecule has 0 bridgehead atoms. The molecule has 1 atom stereocenters. The molecule has 2 aliphatic heterocycles. The van der Waals surface area contributed by atoms with Gasteiger partial charge in [0, 0.05) is 55.9 Å². The summed E-state index contributed by atoms with van der Waals surface area (Å²) in [5.41, 5.74) is 0.110. The molecule has 1 spiro atoms. The molecule has 2 N–H and O–H groups in total. The van der Waals surface area contributed by atoms with Gasteiger partial charge >= 0.3 is 0 Å². The average Bonchev–Trinajstić information content (AvgIpc) is 3.17. The fourth-order valence-corrected chi connectivity index (χ4v) is 4.28. The Balaban J connectivity index is 0.00000208. The summed E-state index contributed by atoms with van der Waals surface area (Å²) in [5.74, 6) is 1.20. The van der Waals surface area contributed by atoms with Crippen LogP contribution in [0.2, 0.25) is 0 Å². The van der Waals surface area contributed by atoms with Crippen molar-refractivity contribution in [3.05, 3.63) is 22.4 Å². The Labute approximate surface area is 165 Å². The van der Waals surface area contributed by atoms with Gasteiger partial charge in [0.05, 0.1) is 0 Å². The number of guanidine groups is 1. The predicted octanol–water partition coefficient (Wildman–Crippen LogP) is 2.48. The van der Waals surface area contributed by atoms with Crippen LogP contribution in [0, 0.1) is 5.41 Å². The summed E-state index contributed by atoms with van der Waals surface area (Å²) in [7, 11) is 0. The van der Waals surface area contributed by atoms with Crippen LogP contribution in [-0.4, -0.2) is 49.5 Å². The Bertz CT molecular complexity index is 563. The van der Waals surface area contributed by atoms with Crippen molar-refractivity contribution in [1.29, 1.82) is 0 Å². The number of likely N-dealkylation sites (tertiary alicyclic amines) is 1. The lowest BCUT2D eigenvalue weighted by Gasteiger charge is -2.40. The summed E-state index contributed by atoms with van der Waals surface area (Å²) in [5, 5.41) is 8.55. The van der Waals surface area contributed by atoms with Crippen molar-refractivity contribution in [3.8, 4) is 0 Å². The maximum absolute atomic E-state index is 11.6. The van der Waals surface area contributed by atoms with E-state index >= 15 is 0 Å². The maximum Gasteiger partial charge on any atom is 0.220 e. The van der Waals surface area contributed by atoms with E-state index in [1.54, 1.807) is 11.3 Å². The summed E-state index contributed by atoms with van der Waals surface area (Å²) in [6, 6.07) is 4.26. The summed E-state index contributed by atoms with van der Waals surface area (Å²) in [6.07, 6.45) is 3.92. The molecule has 1 aromatic heterocycles. The Hall–Kier alpha value is -0.830. The van der Waals surface area contributed by atoms with Crippen LogP contribution in [0.15, 0.2) is 22.5 Å². The minimum atomic E-state index is 0. The summed E-state index contributed by atoms with van der Waals surface area (Å²) < 4.78 is 0. The SMILES string of the molecule is CCNC(=NCCc1cccs1)N1CCCC2(CNC(=O)C2)C1.I. The molecule has 2 aliphatic rings. The number of thiophene rings is 1. The van der Waals surface area contributed by atoms with Crippen molar-refractivity contribution in [2.45, 2.75) is 32.6 Å². The van der Waals surface area contributed by atoms with E-state index in [-0.39, 0.29) is 35.3 Å². The van der Waals surface area contributed by atoms with Gasteiger partial charge in [-0.3, -0.25) is 9.79 Å². The largest absolute Gasteiger partial charge is 0.357 e. The van der Waals surface area contributed by atoms with Crippen molar-refractivity contribution in [3.63, 3.8) is 0 Å². The Morgan fingerprint density at radius 3 is 3.08 bits per heavy atom. The fourth-order valence-electron chi connectivity index (χ4n) is 3.58. The van der Waals surface area contributed by atoms with Crippen LogP contribution in [0.5, 0.6) is 0 Å². The molecular weight excluding hydrogens is 435 g/mol.